The van der Waals surface area contributed by atoms with E-state index in [1.807, 2.05) is 18.2 Å². The van der Waals surface area contributed by atoms with E-state index in [4.69, 9.17) is 0 Å². The Balaban J connectivity index is 1.67. The van der Waals surface area contributed by atoms with Gasteiger partial charge in [0.25, 0.3) is 5.91 Å². The number of aromatic nitrogens is 1. The number of nitrogens with one attached hydrogen (secondary N) is 3. The molecule has 3 N–H and O–H groups in total. The van der Waals surface area contributed by atoms with Crippen molar-refractivity contribution in [1.29, 1.82) is 0 Å². The summed E-state index contributed by atoms with van der Waals surface area (Å²) in [7, 11) is 0. The van der Waals surface area contributed by atoms with Crippen LogP contribution < -0.4 is 16.0 Å². The number of para-hydroxylation sites is 1. The van der Waals surface area contributed by atoms with Crippen LogP contribution in [0.1, 0.15) is 28.2 Å². The second-order valence-corrected chi connectivity index (χ2v) is 6.40. The number of hydrogen-bond acceptors (Lipinski definition) is 5. The molecule has 7 nitrogen and oxygen atoms in total. The van der Waals surface area contributed by atoms with E-state index >= 15 is 0 Å². The van der Waals surface area contributed by atoms with E-state index in [1.54, 1.807) is 19.1 Å². The fourth-order valence-electron chi connectivity index (χ4n) is 2.37. The van der Waals surface area contributed by atoms with Gasteiger partial charge in [0.1, 0.15) is 10.9 Å². The molecule has 1 fully saturated rings. The Morgan fingerprint density at radius 2 is 2.00 bits per heavy atom. The first-order valence-corrected chi connectivity index (χ1v) is 8.28. The molecule has 0 radical (unpaired) electrons. The van der Waals surface area contributed by atoms with Crippen LogP contribution >= 0.6 is 11.3 Å². The second-order valence-electron chi connectivity index (χ2n) is 5.40. The summed E-state index contributed by atoms with van der Waals surface area (Å²) >= 11 is 1.11. The van der Waals surface area contributed by atoms with Crippen molar-refractivity contribution < 1.29 is 14.4 Å². The van der Waals surface area contributed by atoms with Crippen molar-refractivity contribution >= 4 is 39.9 Å². The molecule has 0 aliphatic carbocycles. The third-order valence-electron chi connectivity index (χ3n) is 3.58. The average molecular weight is 344 g/mol. The number of amides is 3. The van der Waals surface area contributed by atoms with E-state index in [-0.39, 0.29) is 17.7 Å². The van der Waals surface area contributed by atoms with Gasteiger partial charge in [0.05, 0.1) is 5.69 Å². The number of nitrogens with zero attached hydrogens (tertiary/aromatic N) is 1. The van der Waals surface area contributed by atoms with Crippen molar-refractivity contribution in [3.05, 3.63) is 40.9 Å². The zero-order valence-electron chi connectivity index (χ0n) is 13.0. The number of carbonyl (C=O) groups excluding carboxylic acids is 3. The lowest BCUT2D eigenvalue weighted by Crippen LogP contribution is -2.37. The first kappa shape index (κ1) is 16.1. The van der Waals surface area contributed by atoms with Gasteiger partial charge >= 0.3 is 0 Å². The van der Waals surface area contributed by atoms with Crippen molar-refractivity contribution in [1.82, 2.24) is 10.3 Å². The number of thiazole rings is 1. The average Bonchev–Trinajstić information content (AvgIpc) is 3.14. The van der Waals surface area contributed by atoms with Crippen LogP contribution in [0.2, 0.25) is 0 Å². The quantitative estimate of drug-likeness (QED) is 0.789. The molecule has 1 aliphatic heterocycles. The Bertz CT molecular complexity index is 788. The van der Waals surface area contributed by atoms with E-state index < -0.39 is 6.04 Å². The molecule has 0 spiro atoms. The maximum Gasteiger partial charge on any atom is 0.267 e. The fourth-order valence-corrected chi connectivity index (χ4v) is 3.24. The van der Waals surface area contributed by atoms with Gasteiger partial charge in [-0.25, -0.2) is 4.98 Å². The van der Waals surface area contributed by atoms with Crippen molar-refractivity contribution in [3.8, 4) is 0 Å². The predicted octanol–water partition coefficient (Wildman–Crippen LogP) is 1.92. The minimum Gasteiger partial charge on any atom is -0.344 e. The summed E-state index contributed by atoms with van der Waals surface area (Å²) in [4.78, 5) is 40.2. The highest BCUT2D eigenvalue weighted by atomic mass is 32.1. The molecular formula is C16H16N4O3S. The molecule has 1 aromatic heterocycles. The number of anilines is 2. The van der Waals surface area contributed by atoms with Crippen molar-refractivity contribution in [3.63, 3.8) is 0 Å². The summed E-state index contributed by atoms with van der Waals surface area (Å²) in [5, 5.41) is 8.39. The first-order chi connectivity index (χ1) is 11.5. The zero-order chi connectivity index (χ0) is 17.1. The maximum absolute atomic E-state index is 12.3. The predicted molar refractivity (Wildman–Crippen MR) is 91.0 cm³/mol. The summed E-state index contributed by atoms with van der Waals surface area (Å²) in [6.07, 6.45) is 0.816. The third kappa shape index (κ3) is 3.60. The van der Waals surface area contributed by atoms with Gasteiger partial charge in [0.15, 0.2) is 5.13 Å². The normalized spacial score (nSPS) is 16.5. The van der Waals surface area contributed by atoms with Crippen LogP contribution in [-0.4, -0.2) is 28.7 Å². The molecule has 3 amide bonds. The lowest BCUT2D eigenvalue weighted by molar-refractivity contribution is -0.122. The van der Waals surface area contributed by atoms with Crippen LogP contribution in [0.4, 0.5) is 10.8 Å². The highest BCUT2D eigenvalue weighted by molar-refractivity contribution is 7.17. The van der Waals surface area contributed by atoms with Crippen molar-refractivity contribution in [2.45, 2.75) is 25.8 Å². The Morgan fingerprint density at radius 3 is 2.67 bits per heavy atom. The van der Waals surface area contributed by atoms with E-state index in [0.717, 1.165) is 11.3 Å². The summed E-state index contributed by atoms with van der Waals surface area (Å²) in [5.41, 5.74) is 1.23. The summed E-state index contributed by atoms with van der Waals surface area (Å²) in [6.45, 7) is 1.71. The van der Waals surface area contributed by atoms with Crippen LogP contribution in [0, 0.1) is 6.92 Å². The highest BCUT2D eigenvalue weighted by Crippen LogP contribution is 2.24. The topological polar surface area (TPSA) is 100 Å². The largest absolute Gasteiger partial charge is 0.344 e. The molecule has 1 saturated heterocycles. The Morgan fingerprint density at radius 1 is 1.25 bits per heavy atom. The Hall–Kier alpha value is -2.74. The molecule has 2 aromatic rings. The molecule has 0 bridgehead atoms. The van der Waals surface area contributed by atoms with E-state index in [0.29, 0.717) is 34.2 Å². The monoisotopic (exact) mass is 344 g/mol. The third-order valence-corrected chi connectivity index (χ3v) is 4.65. The van der Waals surface area contributed by atoms with Crippen LogP contribution in [0.15, 0.2) is 30.3 Å². The fraction of sp³-hybridized carbons (Fsp3) is 0.250. The molecule has 124 valence electrons. The van der Waals surface area contributed by atoms with Gasteiger partial charge in [-0.3, -0.25) is 14.4 Å². The number of benzene rings is 1. The molecular weight excluding hydrogens is 328 g/mol. The van der Waals surface area contributed by atoms with Crippen LogP contribution in [0.5, 0.6) is 0 Å². The van der Waals surface area contributed by atoms with Gasteiger partial charge in [-0.05, 0) is 25.5 Å². The van der Waals surface area contributed by atoms with Gasteiger partial charge in [0, 0.05) is 12.1 Å². The summed E-state index contributed by atoms with van der Waals surface area (Å²) < 4.78 is 0. The second kappa shape index (κ2) is 6.79. The number of aryl methyl sites for hydroxylation is 1. The number of rotatable bonds is 4. The van der Waals surface area contributed by atoms with Gasteiger partial charge in [-0.1, -0.05) is 29.5 Å². The van der Waals surface area contributed by atoms with Crippen molar-refractivity contribution in [2.75, 3.05) is 10.6 Å². The molecule has 0 saturated carbocycles. The SMILES string of the molecule is Cc1nc(NC(=O)C2CCC(=O)N2)sc1C(=O)Nc1ccccc1. The van der Waals surface area contributed by atoms with Crippen LogP contribution in [0.3, 0.4) is 0 Å². The van der Waals surface area contributed by atoms with Gasteiger partial charge in [0.2, 0.25) is 11.8 Å². The van der Waals surface area contributed by atoms with E-state index in [1.165, 1.54) is 0 Å². The van der Waals surface area contributed by atoms with Gasteiger partial charge in [-0.15, -0.1) is 0 Å². The number of carbonyl (C=O) groups is 3. The smallest absolute Gasteiger partial charge is 0.267 e. The van der Waals surface area contributed by atoms with Gasteiger partial charge in [-0.2, -0.15) is 0 Å². The van der Waals surface area contributed by atoms with Crippen molar-refractivity contribution in [2.24, 2.45) is 0 Å². The minimum absolute atomic E-state index is 0.131. The molecule has 1 aliphatic rings. The molecule has 1 unspecified atom stereocenters. The van der Waals surface area contributed by atoms with Crippen LogP contribution in [0.25, 0.3) is 0 Å². The van der Waals surface area contributed by atoms with E-state index in [2.05, 4.69) is 20.9 Å². The van der Waals surface area contributed by atoms with Crippen LogP contribution in [-0.2, 0) is 9.59 Å². The standard InChI is InChI=1S/C16H16N4O3S/c1-9-13(15(23)18-10-5-3-2-4-6-10)24-16(17-9)20-14(22)11-7-8-12(21)19-11/h2-6,11H,7-8H2,1H3,(H,18,23)(H,19,21)(H,17,20,22). The lowest BCUT2D eigenvalue weighted by Gasteiger charge is -2.08. The molecule has 8 heteroatoms. The molecule has 2 heterocycles. The Kier molecular flexibility index (Phi) is 4.57. The molecule has 1 atom stereocenters. The Labute approximate surface area is 142 Å². The van der Waals surface area contributed by atoms with E-state index in [9.17, 15) is 14.4 Å². The minimum atomic E-state index is -0.539. The number of hydrogen-bond donors (Lipinski definition) is 3. The molecule has 3 rings (SSSR count). The summed E-state index contributed by atoms with van der Waals surface area (Å²) in [5.74, 6) is -0.719. The van der Waals surface area contributed by atoms with Gasteiger partial charge < -0.3 is 16.0 Å². The maximum atomic E-state index is 12.3. The highest BCUT2D eigenvalue weighted by Gasteiger charge is 2.28. The summed E-state index contributed by atoms with van der Waals surface area (Å²) in [6, 6.07) is 8.57. The molecule has 1 aromatic carbocycles. The molecule has 24 heavy (non-hydrogen) atoms. The lowest BCUT2D eigenvalue weighted by atomic mass is 10.2. The zero-order valence-corrected chi connectivity index (χ0v) is 13.8. The first-order valence-electron chi connectivity index (χ1n) is 7.47.